The van der Waals surface area contributed by atoms with Crippen LogP contribution in [0.4, 0.5) is 5.69 Å². The lowest BCUT2D eigenvalue weighted by Gasteiger charge is -2.36. The molecule has 0 spiro atoms. The third-order valence-electron chi connectivity index (χ3n) is 6.16. The van der Waals surface area contributed by atoms with E-state index in [-0.39, 0.29) is 5.91 Å². The quantitative estimate of drug-likeness (QED) is 0.445. The molecule has 2 aromatic heterocycles. The zero-order chi connectivity index (χ0) is 25.7. The van der Waals surface area contributed by atoms with Gasteiger partial charge in [-0.2, -0.15) is 5.10 Å². The second kappa shape index (κ2) is 11.3. The Morgan fingerprint density at radius 2 is 1.56 bits per heavy atom. The first-order chi connectivity index (χ1) is 17.5. The number of aromatic nitrogens is 3. The molecule has 0 N–H and O–H groups in total. The van der Waals surface area contributed by atoms with Crippen molar-refractivity contribution in [3.05, 3.63) is 53.5 Å². The predicted octanol–water partition coefficient (Wildman–Crippen LogP) is 4.04. The number of aryl methyl sites for hydroxylation is 1. The lowest BCUT2D eigenvalue weighted by Crippen LogP contribution is -2.49. The van der Waals surface area contributed by atoms with Gasteiger partial charge in [0.15, 0.2) is 17.3 Å². The molecule has 9 heteroatoms. The van der Waals surface area contributed by atoms with Gasteiger partial charge in [0.25, 0.3) is 5.91 Å². The number of rotatable bonds is 9. The van der Waals surface area contributed by atoms with Crippen molar-refractivity contribution in [2.24, 2.45) is 0 Å². The highest BCUT2D eigenvalue weighted by molar-refractivity contribution is 5.96. The first kappa shape index (κ1) is 25.3. The van der Waals surface area contributed by atoms with Crippen LogP contribution in [0.2, 0.25) is 0 Å². The molecule has 0 aliphatic carbocycles. The van der Waals surface area contributed by atoms with Gasteiger partial charge in [-0.15, -0.1) is 0 Å². The summed E-state index contributed by atoms with van der Waals surface area (Å²) in [7, 11) is 0. The molecule has 4 rings (SSSR count). The van der Waals surface area contributed by atoms with E-state index in [1.807, 2.05) is 55.5 Å². The first-order valence-corrected chi connectivity index (χ1v) is 12.6. The van der Waals surface area contributed by atoms with E-state index in [2.05, 4.69) is 16.8 Å². The van der Waals surface area contributed by atoms with Gasteiger partial charge in [-0.25, -0.2) is 9.67 Å². The van der Waals surface area contributed by atoms with E-state index in [0.29, 0.717) is 55.7 Å². The molecule has 0 atom stereocenters. The Balaban J connectivity index is 1.52. The van der Waals surface area contributed by atoms with Crippen molar-refractivity contribution in [3.63, 3.8) is 0 Å². The molecule has 1 aliphatic heterocycles. The van der Waals surface area contributed by atoms with Crippen LogP contribution in [0.25, 0.3) is 5.82 Å². The van der Waals surface area contributed by atoms with Gasteiger partial charge in [-0.3, -0.25) is 4.79 Å². The van der Waals surface area contributed by atoms with Crippen LogP contribution in [0.1, 0.15) is 42.5 Å². The van der Waals surface area contributed by atoms with Crippen LogP contribution in [0.15, 0.2) is 36.5 Å². The maximum atomic E-state index is 13.5. The number of hydrogen-bond acceptors (Lipinski definition) is 7. The monoisotopic (exact) mass is 493 g/mol. The van der Waals surface area contributed by atoms with Crippen molar-refractivity contribution < 1.29 is 19.0 Å². The van der Waals surface area contributed by atoms with E-state index in [0.717, 1.165) is 36.0 Å². The van der Waals surface area contributed by atoms with Gasteiger partial charge in [0, 0.05) is 37.9 Å². The number of pyridine rings is 1. The Morgan fingerprint density at radius 3 is 2.11 bits per heavy atom. The summed E-state index contributed by atoms with van der Waals surface area (Å²) in [6, 6.07) is 9.32. The lowest BCUT2D eigenvalue weighted by molar-refractivity contribution is 0.0745. The molecule has 0 bridgehead atoms. The molecule has 3 heterocycles. The van der Waals surface area contributed by atoms with Crippen molar-refractivity contribution >= 4 is 11.6 Å². The third kappa shape index (κ3) is 5.10. The van der Waals surface area contributed by atoms with E-state index in [9.17, 15) is 4.79 Å². The average Bonchev–Trinajstić information content (AvgIpc) is 3.19. The number of amides is 1. The summed E-state index contributed by atoms with van der Waals surface area (Å²) in [6.07, 6.45) is 1.77. The second-order valence-electron chi connectivity index (χ2n) is 8.50. The predicted molar refractivity (Wildman–Crippen MR) is 139 cm³/mol. The molecule has 0 saturated carbocycles. The van der Waals surface area contributed by atoms with Crippen LogP contribution in [-0.4, -0.2) is 71.6 Å². The molecule has 1 aromatic carbocycles. The Hall–Kier alpha value is -3.75. The first-order valence-electron chi connectivity index (χ1n) is 12.6. The van der Waals surface area contributed by atoms with E-state index < -0.39 is 0 Å². The molecule has 1 aliphatic rings. The number of hydrogen-bond donors (Lipinski definition) is 0. The van der Waals surface area contributed by atoms with Crippen LogP contribution in [0.5, 0.6) is 17.2 Å². The fourth-order valence-electron chi connectivity index (χ4n) is 4.62. The van der Waals surface area contributed by atoms with E-state index in [1.165, 1.54) is 0 Å². The smallest absolute Gasteiger partial charge is 0.254 e. The van der Waals surface area contributed by atoms with Crippen molar-refractivity contribution in [1.29, 1.82) is 0 Å². The third-order valence-corrected chi connectivity index (χ3v) is 6.16. The van der Waals surface area contributed by atoms with Crippen molar-refractivity contribution in [2.45, 2.75) is 34.6 Å². The molecule has 1 saturated heterocycles. The van der Waals surface area contributed by atoms with Crippen LogP contribution in [0, 0.1) is 13.8 Å². The summed E-state index contributed by atoms with van der Waals surface area (Å²) in [5.41, 5.74) is 3.63. The fourth-order valence-corrected chi connectivity index (χ4v) is 4.62. The number of piperazine rings is 1. The molecule has 36 heavy (non-hydrogen) atoms. The van der Waals surface area contributed by atoms with Gasteiger partial charge >= 0.3 is 0 Å². The second-order valence-corrected chi connectivity index (χ2v) is 8.50. The molecule has 0 unspecified atom stereocenters. The lowest BCUT2D eigenvalue weighted by atomic mass is 10.1. The number of carbonyl (C=O) groups is 1. The maximum Gasteiger partial charge on any atom is 0.254 e. The summed E-state index contributed by atoms with van der Waals surface area (Å²) >= 11 is 0. The zero-order valence-electron chi connectivity index (χ0n) is 21.8. The van der Waals surface area contributed by atoms with Crippen LogP contribution >= 0.6 is 0 Å². The van der Waals surface area contributed by atoms with E-state index >= 15 is 0 Å². The molecular weight excluding hydrogens is 458 g/mol. The van der Waals surface area contributed by atoms with Crippen LogP contribution in [0.3, 0.4) is 0 Å². The maximum absolute atomic E-state index is 13.5. The number of nitrogens with zero attached hydrogens (tertiary/aromatic N) is 5. The Morgan fingerprint density at radius 1 is 0.917 bits per heavy atom. The summed E-state index contributed by atoms with van der Waals surface area (Å²) in [5, 5.41) is 4.73. The Labute approximate surface area is 212 Å². The highest BCUT2D eigenvalue weighted by Gasteiger charge is 2.28. The molecule has 9 nitrogen and oxygen atoms in total. The summed E-state index contributed by atoms with van der Waals surface area (Å²) in [4.78, 5) is 22.1. The zero-order valence-corrected chi connectivity index (χ0v) is 21.8. The van der Waals surface area contributed by atoms with E-state index in [1.54, 1.807) is 18.3 Å². The van der Waals surface area contributed by atoms with Gasteiger partial charge in [-0.05, 0) is 58.9 Å². The van der Waals surface area contributed by atoms with E-state index in [4.69, 9.17) is 19.3 Å². The summed E-state index contributed by atoms with van der Waals surface area (Å²) in [6.45, 7) is 13.9. The highest BCUT2D eigenvalue weighted by Crippen LogP contribution is 2.39. The highest BCUT2D eigenvalue weighted by atomic mass is 16.5. The number of anilines is 1. The minimum Gasteiger partial charge on any atom is -0.490 e. The van der Waals surface area contributed by atoms with Crippen LogP contribution < -0.4 is 19.1 Å². The van der Waals surface area contributed by atoms with Gasteiger partial charge in [-0.1, -0.05) is 6.07 Å². The van der Waals surface area contributed by atoms with Gasteiger partial charge < -0.3 is 24.0 Å². The van der Waals surface area contributed by atoms with Crippen LogP contribution in [-0.2, 0) is 0 Å². The number of ether oxygens (including phenoxy) is 3. The Bertz CT molecular complexity index is 1160. The molecular formula is C27H35N5O4. The minimum atomic E-state index is -0.0442. The number of benzene rings is 1. The Kier molecular flexibility index (Phi) is 7.97. The number of carbonyl (C=O) groups excluding carboxylic acids is 1. The molecule has 1 amide bonds. The van der Waals surface area contributed by atoms with Crippen molar-refractivity contribution in [2.75, 3.05) is 50.9 Å². The topological polar surface area (TPSA) is 82.0 Å². The van der Waals surface area contributed by atoms with Gasteiger partial charge in [0.05, 0.1) is 36.9 Å². The largest absolute Gasteiger partial charge is 0.490 e. The molecule has 0 radical (unpaired) electrons. The summed E-state index contributed by atoms with van der Waals surface area (Å²) < 4.78 is 19.3. The fraction of sp³-hybridized carbons (Fsp3) is 0.444. The molecule has 192 valence electrons. The molecule has 1 fully saturated rings. The van der Waals surface area contributed by atoms with Gasteiger partial charge in [0.1, 0.15) is 0 Å². The average molecular weight is 494 g/mol. The SMILES string of the molecule is CCOc1cc(C(=O)N2CCN(c3c(C)nn(-c4ccccn4)c3C)CC2)cc(OCC)c1OCC. The standard InChI is InChI=1S/C27H35N5O4/c1-6-34-22-17-21(18-23(35-7-2)26(22)36-8-3)27(33)31-15-13-30(14-16-31)25-19(4)29-32(20(25)5)24-11-9-10-12-28-24/h9-12,17-18H,6-8,13-16H2,1-5H3. The minimum absolute atomic E-state index is 0.0442. The van der Waals surface area contributed by atoms with Gasteiger partial charge in [0.2, 0.25) is 5.75 Å². The normalized spacial score (nSPS) is 13.6. The summed E-state index contributed by atoms with van der Waals surface area (Å²) in [5.74, 6) is 2.35. The van der Waals surface area contributed by atoms with Crippen molar-refractivity contribution in [3.8, 4) is 23.1 Å². The van der Waals surface area contributed by atoms with Crippen molar-refractivity contribution in [1.82, 2.24) is 19.7 Å². The molecule has 3 aromatic rings.